The van der Waals surface area contributed by atoms with Crippen LogP contribution in [0.5, 0.6) is 0 Å². The first-order valence-corrected chi connectivity index (χ1v) is 7.90. The van der Waals surface area contributed by atoms with Crippen LogP contribution in [-0.2, 0) is 18.3 Å². The SMILES string of the molecule is CCN(CCCNCc1cnn(C)c1C)C(=O)OC(C)(C)C. The van der Waals surface area contributed by atoms with Crippen LogP contribution in [0.15, 0.2) is 6.20 Å². The van der Waals surface area contributed by atoms with Crippen molar-refractivity contribution in [3.63, 3.8) is 0 Å². The van der Waals surface area contributed by atoms with E-state index in [-0.39, 0.29) is 6.09 Å². The van der Waals surface area contributed by atoms with Gasteiger partial charge >= 0.3 is 6.09 Å². The van der Waals surface area contributed by atoms with E-state index in [4.69, 9.17) is 4.74 Å². The first kappa shape index (κ1) is 18.5. The Labute approximate surface area is 133 Å². The third kappa shape index (κ3) is 6.05. The van der Waals surface area contributed by atoms with Crippen LogP contribution < -0.4 is 5.32 Å². The molecule has 0 atom stereocenters. The predicted molar refractivity (Wildman–Crippen MR) is 87.7 cm³/mol. The highest BCUT2D eigenvalue weighted by Gasteiger charge is 2.20. The minimum atomic E-state index is -0.444. The highest BCUT2D eigenvalue weighted by atomic mass is 16.6. The molecule has 0 unspecified atom stereocenters. The second kappa shape index (κ2) is 8.17. The van der Waals surface area contributed by atoms with Crippen molar-refractivity contribution >= 4 is 6.09 Å². The van der Waals surface area contributed by atoms with Crippen molar-refractivity contribution in [2.45, 2.75) is 53.2 Å². The minimum absolute atomic E-state index is 0.238. The maximum Gasteiger partial charge on any atom is 0.410 e. The molecule has 6 nitrogen and oxygen atoms in total. The van der Waals surface area contributed by atoms with Crippen LogP contribution in [0.4, 0.5) is 4.79 Å². The predicted octanol–water partition coefficient (Wildman–Crippen LogP) is 2.47. The second-order valence-electron chi connectivity index (χ2n) is 6.47. The maximum atomic E-state index is 12.0. The smallest absolute Gasteiger partial charge is 0.410 e. The molecule has 0 aliphatic carbocycles. The number of hydrogen-bond donors (Lipinski definition) is 1. The van der Waals surface area contributed by atoms with Crippen molar-refractivity contribution in [3.05, 3.63) is 17.5 Å². The van der Waals surface area contributed by atoms with Gasteiger partial charge in [0.05, 0.1) is 6.20 Å². The summed E-state index contributed by atoms with van der Waals surface area (Å²) in [5.74, 6) is 0. The fraction of sp³-hybridized carbons (Fsp3) is 0.750. The number of rotatable bonds is 7. The number of carbonyl (C=O) groups is 1. The van der Waals surface area contributed by atoms with Crippen molar-refractivity contribution in [3.8, 4) is 0 Å². The van der Waals surface area contributed by atoms with Crippen molar-refractivity contribution in [1.82, 2.24) is 20.0 Å². The van der Waals surface area contributed by atoms with Gasteiger partial charge in [-0.25, -0.2) is 4.79 Å². The molecule has 0 bridgehead atoms. The molecule has 22 heavy (non-hydrogen) atoms. The molecule has 0 aromatic carbocycles. The molecule has 1 N–H and O–H groups in total. The van der Waals surface area contributed by atoms with Gasteiger partial charge in [0.1, 0.15) is 5.60 Å². The van der Waals surface area contributed by atoms with Gasteiger partial charge in [-0.2, -0.15) is 5.10 Å². The monoisotopic (exact) mass is 310 g/mol. The van der Waals surface area contributed by atoms with E-state index in [0.29, 0.717) is 13.1 Å². The number of nitrogens with zero attached hydrogens (tertiary/aromatic N) is 3. The molecule has 126 valence electrons. The van der Waals surface area contributed by atoms with Crippen LogP contribution in [0.3, 0.4) is 0 Å². The number of aryl methyl sites for hydroxylation is 1. The Bertz CT molecular complexity index is 477. The fourth-order valence-electron chi connectivity index (χ4n) is 2.04. The van der Waals surface area contributed by atoms with Crippen LogP contribution in [0, 0.1) is 6.92 Å². The minimum Gasteiger partial charge on any atom is -0.444 e. The number of carbonyl (C=O) groups excluding carboxylic acids is 1. The molecule has 0 aliphatic heterocycles. The summed E-state index contributed by atoms with van der Waals surface area (Å²) in [5.41, 5.74) is 1.94. The number of ether oxygens (including phenoxy) is 1. The standard InChI is InChI=1S/C16H30N4O2/c1-7-20(15(21)22-16(3,4)5)10-8-9-17-11-14-12-18-19(6)13(14)2/h12,17H,7-11H2,1-6H3. The largest absolute Gasteiger partial charge is 0.444 e. The molecule has 0 saturated heterocycles. The summed E-state index contributed by atoms with van der Waals surface area (Å²) in [7, 11) is 1.94. The summed E-state index contributed by atoms with van der Waals surface area (Å²) < 4.78 is 7.26. The number of aromatic nitrogens is 2. The summed E-state index contributed by atoms with van der Waals surface area (Å²) in [4.78, 5) is 13.7. The lowest BCUT2D eigenvalue weighted by Crippen LogP contribution is -2.38. The van der Waals surface area contributed by atoms with Crippen LogP contribution in [-0.4, -0.2) is 46.0 Å². The first-order valence-electron chi connectivity index (χ1n) is 7.90. The third-order valence-electron chi connectivity index (χ3n) is 3.47. The summed E-state index contributed by atoms with van der Waals surface area (Å²) in [5, 5.41) is 7.61. The highest BCUT2D eigenvalue weighted by molar-refractivity contribution is 5.68. The summed E-state index contributed by atoms with van der Waals surface area (Å²) >= 11 is 0. The van der Waals surface area contributed by atoms with E-state index in [2.05, 4.69) is 17.3 Å². The van der Waals surface area contributed by atoms with Gasteiger partial charge in [-0.3, -0.25) is 4.68 Å². The Morgan fingerprint density at radius 3 is 2.64 bits per heavy atom. The van der Waals surface area contributed by atoms with Gasteiger partial charge in [-0.05, 0) is 47.6 Å². The van der Waals surface area contributed by atoms with E-state index in [0.717, 1.165) is 19.5 Å². The molecular formula is C16H30N4O2. The lowest BCUT2D eigenvalue weighted by Gasteiger charge is -2.26. The van der Waals surface area contributed by atoms with E-state index in [1.807, 2.05) is 45.6 Å². The number of amides is 1. The molecule has 0 saturated carbocycles. The first-order chi connectivity index (χ1) is 10.2. The molecule has 6 heteroatoms. The van der Waals surface area contributed by atoms with Crippen LogP contribution >= 0.6 is 0 Å². The average Bonchev–Trinajstić information content (AvgIpc) is 2.72. The molecule has 1 rings (SSSR count). The molecule has 0 fully saturated rings. The Balaban J connectivity index is 2.27. The third-order valence-corrected chi connectivity index (χ3v) is 3.47. The number of nitrogens with one attached hydrogen (secondary N) is 1. The van der Waals surface area contributed by atoms with E-state index in [9.17, 15) is 4.79 Å². The molecule has 0 radical (unpaired) electrons. The quantitative estimate of drug-likeness (QED) is 0.786. The summed E-state index contributed by atoms with van der Waals surface area (Å²) in [6.07, 6.45) is 2.55. The van der Waals surface area contributed by atoms with Crippen LogP contribution in [0.2, 0.25) is 0 Å². The maximum absolute atomic E-state index is 12.0. The second-order valence-corrected chi connectivity index (χ2v) is 6.47. The van der Waals surface area contributed by atoms with Gasteiger partial charge in [0.25, 0.3) is 0 Å². The van der Waals surface area contributed by atoms with E-state index < -0.39 is 5.60 Å². The van der Waals surface area contributed by atoms with Crippen molar-refractivity contribution in [1.29, 1.82) is 0 Å². The van der Waals surface area contributed by atoms with Crippen LogP contribution in [0.1, 0.15) is 45.4 Å². The van der Waals surface area contributed by atoms with E-state index >= 15 is 0 Å². The van der Waals surface area contributed by atoms with Crippen molar-refractivity contribution in [2.24, 2.45) is 7.05 Å². The molecule has 0 aliphatic rings. The zero-order valence-electron chi connectivity index (χ0n) is 14.8. The molecule has 1 heterocycles. The normalized spacial score (nSPS) is 11.5. The highest BCUT2D eigenvalue weighted by Crippen LogP contribution is 2.10. The van der Waals surface area contributed by atoms with Gasteiger partial charge < -0.3 is 15.0 Å². The number of hydrogen-bond acceptors (Lipinski definition) is 4. The van der Waals surface area contributed by atoms with Gasteiger partial charge in [-0.15, -0.1) is 0 Å². The Kier molecular flexibility index (Phi) is 6.87. The lowest BCUT2D eigenvalue weighted by atomic mass is 10.2. The van der Waals surface area contributed by atoms with Gasteiger partial charge in [0, 0.05) is 37.9 Å². The van der Waals surface area contributed by atoms with Crippen molar-refractivity contribution in [2.75, 3.05) is 19.6 Å². The summed E-state index contributed by atoms with van der Waals surface area (Å²) in [6, 6.07) is 0. The zero-order chi connectivity index (χ0) is 16.8. The Hall–Kier alpha value is -1.56. The van der Waals surface area contributed by atoms with Gasteiger partial charge in [0.15, 0.2) is 0 Å². The fourth-order valence-corrected chi connectivity index (χ4v) is 2.04. The Morgan fingerprint density at radius 2 is 2.14 bits per heavy atom. The molecule has 1 aromatic rings. The zero-order valence-corrected chi connectivity index (χ0v) is 14.8. The molecular weight excluding hydrogens is 280 g/mol. The van der Waals surface area contributed by atoms with E-state index in [1.54, 1.807) is 4.90 Å². The topological polar surface area (TPSA) is 59.4 Å². The molecule has 1 amide bonds. The Morgan fingerprint density at radius 1 is 1.45 bits per heavy atom. The molecule has 0 spiro atoms. The van der Waals surface area contributed by atoms with Crippen LogP contribution in [0.25, 0.3) is 0 Å². The van der Waals surface area contributed by atoms with Crippen molar-refractivity contribution < 1.29 is 9.53 Å². The lowest BCUT2D eigenvalue weighted by molar-refractivity contribution is 0.0258. The van der Waals surface area contributed by atoms with Gasteiger partial charge in [0.2, 0.25) is 0 Å². The van der Waals surface area contributed by atoms with E-state index in [1.165, 1.54) is 11.3 Å². The summed E-state index contributed by atoms with van der Waals surface area (Å²) in [6.45, 7) is 12.7. The average molecular weight is 310 g/mol. The van der Waals surface area contributed by atoms with Gasteiger partial charge in [-0.1, -0.05) is 0 Å². The molecule has 1 aromatic heterocycles.